The summed E-state index contributed by atoms with van der Waals surface area (Å²) in [6.07, 6.45) is 8.47. The Kier molecular flexibility index (Phi) is 6.45. The maximum Gasteiger partial charge on any atom is 0.319 e. The Morgan fingerprint density at radius 2 is 1.71 bits per heavy atom. The largest absolute Gasteiger partial charge is 0.508 e. The topological polar surface area (TPSA) is 73.8 Å². The SMILES string of the molecule is Oc1cc(-c2ccc3c(N4CC5CCC(C4)N5)nc(OCC4(CN5CCCCC5)CC4)nc3c2F)c2ccccc2c1. The quantitative estimate of drug-likeness (QED) is 0.289. The minimum absolute atomic E-state index is 0.107. The van der Waals surface area contributed by atoms with E-state index in [2.05, 4.69) is 15.1 Å². The monoisotopic (exact) mass is 567 g/mol. The summed E-state index contributed by atoms with van der Waals surface area (Å²) in [6.45, 7) is 5.61. The third-order valence-electron chi connectivity index (χ3n) is 9.89. The Balaban J connectivity index is 1.19. The summed E-state index contributed by atoms with van der Waals surface area (Å²) in [6, 6.07) is 15.9. The van der Waals surface area contributed by atoms with Crippen molar-refractivity contribution in [2.24, 2.45) is 5.41 Å². The summed E-state index contributed by atoms with van der Waals surface area (Å²) >= 11 is 0. The number of piperidine rings is 1. The zero-order valence-corrected chi connectivity index (χ0v) is 24.0. The Hall–Kier alpha value is -3.49. The van der Waals surface area contributed by atoms with Crippen molar-refractivity contribution in [3.63, 3.8) is 0 Å². The van der Waals surface area contributed by atoms with Crippen LogP contribution in [0, 0.1) is 11.2 Å². The first-order valence-corrected chi connectivity index (χ1v) is 15.6. The Morgan fingerprint density at radius 3 is 2.50 bits per heavy atom. The predicted octanol–water partition coefficient (Wildman–Crippen LogP) is 5.88. The number of nitrogens with zero attached hydrogens (tertiary/aromatic N) is 4. The number of fused-ring (bicyclic) bond motifs is 4. The number of anilines is 1. The van der Waals surface area contributed by atoms with Crippen LogP contribution in [0.5, 0.6) is 11.8 Å². The minimum atomic E-state index is -0.413. The minimum Gasteiger partial charge on any atom is -0.508 e. The van der Waals surface area contributed by atoms with Crippen molar-refractivity contribution in [1.29, 1.82) is 0 Å². The van der Waals surface area contributed by atoms with Crippen molar-refractivity contribution >= 4 is 27.5 Å². The molecule has 2 atom stereocenters. The van der Waals surface area contributed by atoms with Crippen LogP contribution < -0.4 is 15.0 Å². The van der Waals surface area contributed by atoms with Crippen LogP contribution in [0.1, 0.15) is 44.9 Å². The molecule has 3 aliphatic heterocycles. The summed E-state index contributed by atoms with van der Waals surface area (Å²) in [7, 11) is 0. The number of nitrogens with one attached hydrogen (secondary N) is 1. The predicted molar refractivity (Wildman–Crippen MR) is 164 cm³/mol. The van der Waals surface area contributed by atoms with Gasteiger partial charge in [-0.1, -0.05) is 36.8 Å². The van der Waals surface area contributed by atoms with E-state index in [4.69, 9.17) is 14.7 Å². The molecule has 2 unspecified atom stereocenters. The lowest BCUT2D eigenvalue weighted by Crippen LogP contribution is -2.51. The van der Waals surface area contributed by atoms with Crippen molar-refractivity contribution in [1.82, 2.24) is 20.2 Å². The highest BCUT2D eigenvalue weighted by molar-refractivity contribution is 6.01. The van der Waals surface area contributed by atoms with Crippen LogP contribution in [0.25, 0.3) is 32.8 Å². The molecule has 3 aromatic carbocycles. The molecule has 0 amide bonds. The Morgan fingerprint density at radius 1 is 0.929 bits per heavy atom. The van der Waals surface area contributed by atoms with Gasteiger partial charge in [0.1, 0.15) is 17.1 Å². The molecule has 2 N–H and O–H groups in total. The second-order valence-corrected chi connectivity index (χ2v) is 13.0. The molecule has 4 aromatic rings. The van der Waals surface area contributed by atoms with Gasteiger partial charge >= 0.3 is 6.01 Å². The molecule has 3 saturated heterocycles. The van der Waals surface area contributed by atoms with Crippen molar-refractivity contribution < 1.29 is 14.2 Å². The number of benzene rings is 3. The molecule has 0 spiro atoms. The molecular formula is C34H38FN5O2. The Bertz CT molecular complexity index is 1640. The number of rotatable bonds is 7. The molecule has 218 valence electrons. The first kappa shape index (κ1) is 26.2. The molecule has 1 aromatic heterocycles. The van der Waals surface area contributed by atoms with E-state index in [1.807, 2.05) is 30.3 Å². The van der Waals surface area contributed by atoms with Crippen LogP contribution in [-0.4, -0.2) is 71.4 Å². The number of likely N-dealkylation sites (tertiary alicyclic amines) is 1. The summed E-state index contributed by atoms with van der Waals surface area (Å²) in [4.78, 5) is 14.5. The van der Waals surface area contributed by atoms with Gasteiger partial charge in [-0.15, -0.1) is 0 Å². The summed E-state index contributed by atoms with van der Waals surface area (Å²) in [5, 5.41) is 16.6. The number of aromatic nitrogens is 2. The first-order chi connectivity index (χ1) is 20.5. The van der Waals surface area contributed by atoms with Gasteiger partial charge in [-0.25, -0.2) is 4.39 Å². The second-order valence-electron chi connectivity index (χ2n) is 13.0. The van der Waals surface area contributed by atoms with E-state index in [1.54, 1.807) is 18.2 Å². The van der Waals surface area contributed by atoms with E-state index in [0.29, 0.717) is 35.2 Å². The highest BCUT2D eigenvalue weighted by Crippen LogP contribution is 2.47. The van der Waals surface area contributed by atoms with Gasteiger partial charge in [0.25, 0.3) is 0 Å². The lowest BCUT2D eigenvalue weighted by Gasteiger charge is -2.34. The smallest absolute Gasteiger partial charge is 0.319 e. The molecule has 8 heteroatoms. The molecule has 4 heterocycles. The summed E-state index contributed by atoms with van der Waals surface area (Å²) < 4.78 is 23.0. The van der Waals surface area contributed by atoms with E-state index in [1.165, 1.54) is 32.4 Å². The van der Waals surface area contributed by atoms with Gasteiger partial charge in [-0.2, -0.15) is 9.97 Å². The fourth-order valence-electron chi connectivity index (χ4n) is 7.46. The van der Waals surface area contributed by atoms with Crippen LogP contribution >= 0.6 is 0 Å². The number of halogens is 1. The number of hydrogen-bond acceptors (Lipinski definition) is 7. The van der Waals surface area contributed by atoms with E-state index < -0.39 is 5.82 Å². The maximum atomic E-state index is 16.6. The lowest BCUT2D eigenvalue weighted by atomic mass is 9.96. The highest BCUT2D eigenvalue weighted by atomic mass is 19.1. The molecular weight excluding hydrogens is 529 g/mol. The van der Waals surface area contributed by atoms with Crippen molar-refractivity contribution in [2.45, 2.75) is 57.0 Å². The second kappa shape index (κ2) is 10.3. The van der Waals surface area contributed by atoms with Gasteiger partial charge in [0.2, 0.25) is 0 Å². The molecule has 1 aliphatic carbocycles. The fourth-order valence-corrected chi connectivity index (χ4v) is 7.46. The summed E-state index contributed by atoms with van der Waals surface area (Å²) in [5.74, 6) is 0.445. The summed E-state index contributed by atoms with van der Waals surface area (Å²) in [5.41, 5.74) is 1.47. The van der Waals surface area contributed by atoms with Crippen LogP contribution in [0.4, 0.5) is 10.2 Å². The number of hydrogen-bond donors (Lipinski definition) is 2. The third kappa shape index (κ3) is 4.84. The van der Waals surface area contributed by atoms with Gasteiger partial charge in [-0.05, 0) is 86.1 Å². The molecule has 2 bridgehead atoms. The standard InChI is InChI=1S/C34H38FN5O2/c35-30-27(29-17-25(41)16-22-6-2-3-7-26(22)29)10-11-28-31(30)37-33(38-32(28)40-18-23-8-9-24(19-40)36-23)42-21-34(12-13-34)20-39-14-4-1-5-15-39/h2-3,6-7,10-11,16-17,23-24,36,41H,1,4-5,8-9,12-15,18-21H2. The van der Waals surface area contributed by atoms with E-state index in [9.17, 15) is 5.11 Å². The van der Waals surface area contributed by atoms with Gasteiger partial charge < -0.3 is 25.0 Å². The molecule has 42 heavy (non-hydrogen) atoms. The highest BCUT2D eigenvalue weighted by Gasteiger charge is 2.45. The third-order valence-corrected chi connectivity index (χ3v) is 9.89. The maximum absolute atomic E-state index is 16.6. The average Bonchev–Trinajstić information content (AvgIpc) is 3.69. The van der Waals surface area contributed by atoms with Crippen LogP contribution in [0.2, 0.25) is 0 Å². The van der Waals surface area contributed by atoms with Crippen LogP contribution in [0.3, 0.4) is 0 Å². The fraction of sp³-hybridized carbons (Fsp3) is 0.471. The number of ether oxygens (including phenoxy) is 1. The molecule has 4 aliphatic rings. The van der Waals surface area contributed by atoms with E-state index >= 15 is 4.39 Å². The average molecular weight is 568 g/mol. The van der Waals surface area contributed by atoms with Gasteiger partial charge in [-0.3, -0.25) is 0 Å². The zero-order chi connectivity index (χ0) is 28.3. The molecule has 1 saturated carbocycles. The number of phenolic OH excluding ortho intramolecular Hbond substituents is 1. The number of aromatic hydroxyl groups is 1. The van der Waals surface area contributed by atoms with Gasteiger partial charge in [0.05, 0.1) is 6.61 Å². The van der Waals surface area contributed by atoms with Gasteiger partial charge in [0, 0.05) is 48.1 Å². The van der Waals surface area contributed by atoms with Crippen molar-refractivity contribution in [2.75, 3.05) is 44.2 Å². The molecule has 4 fully saturated rings. The molecule has 0 radical (unpaired) electrons. The van der Waals surface area contributed by atoms with E-state index in [-0.39, 0.29) is 22.7 Å². The van der Waals surface area contributed by atoms with Crippen molar-refractivity contribution in [3.8, 4) is 22.9 Å². The van der Waals surface area contributed by atoms with Crippen LogP contribution in [0.15, 0.2) is 48.5 Å². The number of phenols is 1. The normalized spacial score (nSPS) is 23.5. The molecule has 8 rings (SSSR count). The zero-order valence-electron chi connectivity index (χ0n) is 24.0. The first-order valence-electron chi connectivity index (χ1n) is 15.6. The van der Waals surface area contributed by atoms with Gasteiger partial charge in [0.15, 0.2) is 5.82 Å². The van der Waals surface area contributed by atoms with E-state index in [0.717, 1.165) is 61.9 Å². The lowest BCUT2D eigenvalue weighted by molar-refractivity contribution is 0.139. The Labute approximate surface area is 245 Å². The molecule has 7 nitrogen and oxygen atoms in total. The number of piperazine rings is 1. The van der Waals surface area contributed by atoms with Crippen molar-refractivity contribution in [3.05, 3.63) is 54.3 Å². The van der Waals surface area contributed by atoms with Crippen LogP contribution in [-0.2, 0) is 0 Å².